The molecule has 0 saturated heterocycles. The van der Waals surface area contributed by atoms with E-state index in [1.807, 2.05) is 54.6 Å². The lowest BCUT2D eigenvalue weighted by atomic mass is 9.96. The molecule has 2 aliphatic heterocycles. The Hall–Kier alpha value is -2.59. The van der Waals surface area contributed by atoms with Gasteiger partial charge in [-0.15, -0.1) is 11.8 Å². The number of nitrogens with one attached hydrogen (secondary N) is 1. The zero-order valence-electron chi connectivity index (χ0n) is 15.2. The minimum absolute atomic E-state index is 0.000217. The van der Waals surface area contributed by atoms with Crippen LogP contribution in [0, 0.1) is 0 Å². The SMILES string of the molecule is CCC(NC(=O)C1=CC(c2ccccc2)=NC2C=CSC12)c1ccccc1. The van der Waals surface area contributed by atoms with Gasteiger partial charge in [0.1, 0.15) is 0 Å². The number of rotatable bonds is 5. The topological polar surface area (TPSA) is 41.5 Å². The van der Waals surface area contributed by atoms with E-state index >= 15 is 0 Å². The standard InChI is InChI=1S/C23H22N2OS/c1-2-19(16-9-5-3-6-10-16)25-23(26)18-15-21(17-11-7-4-8-12-17)24-20-13-14-27-22(18)20/h3-15,19-20,22H,2H2,1H3,(H,25,26). The molecule has 0 aromatic heterocycles. The van der Waals surface area contributed by atoms with Gasteiger partial charge in [0.25, 0.3) is 0 Å². The number of allylic oxidation sites excluding steroid dienone is 1. The van der Waals surface area contributed by atoms with Crippen molar-refractivity contribution in [3.8, 4) is 0 Å². The fraction of sp³-hybridized carbons (Fsp3) is 0.217. The third-order valence-corrected chi connectivity index (χ3v) is 6.09. The molecule has 2 aromatic rings. The maximum absolute atomic E-state index is 13.2. The van der Waals surface area contributed by atoms with E-state index in [1.165, 1.54) is 0 Å². The third kappa shape index (κ3) is 3.76. The van der Waals surface area contributed by atoms with Gasteiger partial charge in [-0.2, -0.15) is 0 Å². The number of benzene rings is 2. The smallest absolute Gasteiger partial charge is 0.249 e. The number of dihydropyridines is 1. The number of hydrogen-bond acceptors (Lipinski definition) is 3. The van der Waals surface area contributed by atoms with Crippen LogP contribution >= 0.6 is 11.8 Å². The molecule has 0 bridgehead atoms. The molecule has 4 heteroatoms. The van der Waals surface area contributed by atoms with E-state index in [0.717, 1.165) is 28.8 Å². The Balaban J connectivity index is 1.61. The molecule has 3 atom stereocenters. The summed E-state index contributed by atoms with van der Waals surface area (Å²) in [5.41, 5.74) is 3.86. The second-order valence-electron chi connectivity index (χ2n) is 6.70. The summed E-state index contributed by atoms with van der Waals surface area (Å²) in [4.78, 5) is 18.0. The molecule has 1 N–H and O–H groups in total. The molecule has 0 fully saturated rings. The second-order valence-corrected chi connectivity index (χ2v) is 7.75. The summed E-state index contributed by atoms with van der Waals surface area (Å²) in [6.07, 6.45) is 4.90. The fourth-order valence-corrected chi connectivity index (χ4v) is 4.55. The molecule has 4 rings (SSSR count). The molecule has 2 heterocycles. The predicted octanol–water partition coefficient (Wildman–Crippen LogP) is 4.68. The van der Waals surface area contributed by atoms with E-state index in [1.54, 1.807) is 11.8 Å². The zero-order chi connectivity index (χ0) is 18.6. The maximum Gasteiger partial charge on any atom is 0.249 e. The van der Waals surface area contributed by atoms with Crippen LogP contribution in [0.4, 0.5) is 0 Å². The van der Waals surface area contributed by atoms with E-state index < -0.39 is 0 Å². The van der Waals surface area contributed by atoms with Crippen molar-refractivity contribution in [2.24, 2.45) is 4.99 Å². The van der Waals surface area contributed by atoms with Crippen LogP contribution < -0.4 is 5.32 Å². The van der Waals surface area contributed by atoms with Crippen molar-refractivity contribution in [1.29, 1.82) is 0 Å². The van der Waals surface area contributed by atoms with Crippen LogP contribution in [0.15, 0.2) is 88.8 Å². The second kappa shape index (κ2) is 7.97. The van der Waals surface area contributed by atoms with Crippen LogP contribution in [0.25, 0.3) is 0 Å². The first-order valence-corrected chi connectivity index (χ1v) is 10.2. The van der Waals surface area contributed by atoms with Crippen LogP contribution in [-0.2, 0) is 4.79 Å². The van der Waals surface area contributed by atoms with Gasteiger partial charge in [-0.25, -0.2) is 0 Å². The minimum atomic E-state index is 0.000217. The number of aliphatic imine (C=N–C) groups is 1. The number of nitrogens with zero attached hydrogens (tertiary/aromatic N) is 1. The van der Waals surface area contributed by atoms with Crippen LogP contribution in [0.1, 0.15) is 30.5 Å². The van der Waals surface area contributed by atoms with Crippen LogP contribution in [-0.4, -0.2) is 22.9 Å². The summed E-state index contributed by atoms with van der Waals surface area (Å²) in [6.45, 7) is 2.10. The molecule has 0 saturated carbocycles. The molecule has 3 unspecified atom stereocenters. The normalized spacial score (nSPS) is 21.8. The predicted molar refractivity (Wildman–Crippen MR) is 113 cm³/mol. The van der Waals surface area contributed by atoms with Gasteiger partial charge in [-0.05, 0) is 29.0 Å². The highest BCUT2D eigenvalue weighted by atomic mass is 32.2. The quantitative estimate of drug-likeness (QED) is 0.825. The van der Waals surface area contributed by atoms with Gasteiger partial charge in [-0.3, -0.25) is 9.79 Å². The minimum Gasteiger partial charge on any atom is -0.345 e. The molecule has 2 aromatic carbocycles. The van der Waals surface area contributed by atoms with Crippen LogP contribution in [0.2, 0.25) is 0 Å². The lowest BCUT2D eigenvalue weighted by Gasteiger charge is -2.26. The zero-order valence-corrected chi connectivity index (χ0v) is 16.0. The van der Waals surface area contributed by atoms with Crippen molar-refractivity contribution in [3.63, 3.8) is 0 Å². The summed E-state index contributed by atoms with van der Waals surface area (Å²) in [5.74, 6) is 0.000217. The molecule has 1 amide bonds. The number of thioether (sulfide) groups is 1. The highest BCUT2D eigenvalue weighted by molar-refractivity contribution is 8.03. The fourth-order valence-electron chi connectivity index (χ4n) is 3.50. The van der Waals surface area contributed by atoms with Gasteiger partial charge in [0, 0.05) is 5.57 Å². The summed E-state index contributed by atoms with van der Waals surface area (Å²) < 4.78 is 0. The summed E-state index contributed by atoms with van der Waals surface area (Å²) in [7, 11) is 0. The molecule has 0 spiro atoms. The Bertz CT molecular complexity index is 902. The highest BCUT2D eigenvalue weighted by Crippen LogP contribution is 2.36. The van der Waals surface area contributed by atoms with Gasteiger partial charge < -0.3 is 5.32 Å². The first-order valence-electron chi connectivity index (χ1n) is 9.29. The number of amides is 1. The average molecular weight is 375 g/mol. The lowest BCUT2D eigenvalue weighted by Crippen LogP contribution is -2.37. The first-order chi connectivity index (χ1) is 13.3. The largest absolute Gasteiger partial charge is 0.345 e. The first kappa shape index (κ1) is 17.8. The van der Waals surface area contributed by atoms with Gasteiger partial charge in [0.05, 0.1) is 23.0 Å². The molecule has 0 aliphatic carbocycles. The molecular weight excluding hydrogens is 352 g/mol. The molecule has 2 aliphatic rings. The van der Waals surface area contributed by atoms with E-state index in [-0.39, 0.29) is 23.2 Å². The van der Waals surface area contributed by atoms with Crippen molar-refractivity contribution in [2.75, 3.05) is 0 Å². The molecular formula is C23H22N2OS. The van der Waals surface area contributed by atoms with Gasteiger partial charge >= 0.3 is 0 Å². The lowest BCUT2D eigenvalue weighted by molar-refractivity contribution is -0.118. The van der Waals surface area contributed by atoms with E-state index in [9.17, 15) is 4.79 Å². The number of carbonyl (C=O) groups excluding carboxylic acids is 1. The number of fused-ring (bicyclic) bond motifs is 1. The Labute approximate surface area is 164 Å². The molecule has 27 heavy (non-hydrogen) atoms. The van der Waals surface area contributed by atoms with Crippen LogP contribution in [0.5, 0.6) is 0 Å². The van der Waals surface area contributed by atoms with Gasteiger partial charge in [0.2, 0.25) is 5.91 Å². The molecule has 0 radical (unpaired) electrons. The van der Waals surface area contributed by atoms with Crippen molar-refractivity contribution in [1.82, 2.24) is 5.32 Å². The van der Waals surface area contributed by atoms with Crippen molar-refractivity contribution in [2.45, 2.75) is 30.7 Å². The Morgan fingerprint density at radius 1 is 1.11 bits per heavy atom. The van der Waals surface area contributed by atoms with E-state index in [2.05, 4.69) is 35.9 Å². The molecule has 3 nitrogen and oxygen atoms in total. The monoisotopic (exact) mass is 374 g/mol. The summed E-state index contributed by atoms with van der Waals surface area (Å²) in [6, 6.07) is 20.2. The Kier molecular flexibility index (Phi) is 5.26. The van der Waals surface area contributed by atoms with E-state index in [4.69, 9.17) is 4.99 Å². The maximum atomic E-state index is 13.2. The van der Waals surface area contributed by atoms with Crippen LogP contribution in [0.3, 0.4) is 0 Å². The van der Waals surface area contributed by atoms with Gasteiger partial charge in [0.15, 0.2) is 0 Å². The van der Waals surface area contributed by atoms with Crippen molar-refractivity contribution in [3.05, 3.63) is 94.9 Å². The molecule has 136 valence electrons. The Morgan fingerprint density at radius 3 is 2.52 bits per heavy atom. The van der Waals surface area contributed by atoms with E-state index in [0.29, 0.717) is 0 Å². The van der Waals surface area contributed by atoms with Crippen molar-refractivity contribution < 1.29 is 4.79 Å². The third-order valence-electron chi connectivity index (χ3n) is 4.95. The summed E-state index contributed by atoms with van der Waals surface area (Å²) in [5, 5.41) is 5.35. The van der Waals surface area contributed by atoms with Gasteiger partial charge in [-0.1, -0.05) is 73.7 Å². The summed E-state index contributed by atoms with van der Waals surface area (Å²) >= 11 is 1.67. The Morgan fingerprint density at radius 2 is 1.81 bits per heavy atom. The average Bonchev–Trinajstić information content (AvgIpc) is 3.21. The number of hydrogen-bond donors (Lipinski definition) is 1. The highest BCUT2D eigenvalue weighted by Gasteiger charge is 2.34. The van der Waals surface area contributed by atoms with Crippen molar-refractivity contribution >= 4 is 23.4 Å². The number of carbonyl (C=O) groups is 1.